The number of amides is 1. The Morgan fingerprint density at radius 1 is 1.24 bits per heavy atom. The fourth-order valence-corrected chi connectivity index (χ4v) is 4.88. The number of aromatic nitrogens is 2. The van der Waals surface area contributed by atoms with Gasteiger partial charge in [0.05, 0.1) is 26.0 Å². The summed E-state index contributed by atoms with van der Waals surface area (Å²) in [6.07, 6.45) is 4.35. The molecule has 0 spiro atoms. The van der Waals surface area contributed by atoms with Crippen molar-refractivity contribution in [1.29, 1.82) is 0 Å². The minimum absolute atomic E-state index is 0.120. The van der Waals surface area contributed by atoms with Crippen molar-refractivity contribution in [1.82, 2.24) is 14.9 Å². The third-order valence-electron chi connectivity index (χ3n) is 6.82. The van der Waals surface area contributed by atoms with Crippen molar-refractivity contribution in [2.45, 2.75) is 45.8 Å². The lowest BCUT2D eigenvalue weighted by Crippen LogP contribution is -2.44. The fourth-order valence-electron chi connectivity index (χ4n) is 4.88. The Labute approximate surface area is 200 Å². The highest BCUT2D eigenvalue weighted by Gasteiger charge is 2.23. The molecule has 0 bridgehead atoms. The van der Waals surface area contributed by atoms with Gasteiger partial charge in [-0.25, -0.2) is 4.98 Å². The number of anilines is 1. The van der Waals surface area contributed by atoms with Gasteiger partial charge in [0, 0.05) is 55.1 Å². The molecule has 7 heteroatoms. The van der Waals surface area contributed by atoms with Crippen molar-refractivity contribution < 1.29 is 14.3 Å². The van der Waals surface area contributed by atoms with Crippen LogP contribution in [0.4, 0.5) is 5.69 Å². The highest BCUT2D eigenvalue weighted by Crippen LogP contribution is 2.31. The predicted octanol–water partition coefficient (Wildman–Crippen LogP) is 3.97. The Morgan fingerprint density at radius 3 is 2.91 bits per heavy atom. The number of aryl methyl sites for hydroxylation is 3. The lowest BCUT2D eigenvalue weighted by Gasteiger charge is -2.36. The average molecular weight is 461 g/mol. The van der Waals surface area contributed by atoms with Crippen molar-refractivity contribution in [2.75, 3.05) is 31.8 Å². The van der Waals surface area contributed by atoms with Crippen molar-refractivity contribution >= 4 is 11.6 Å². The van der Waals surface area contributed by atoms with Crippen LogP contribution in [0.2, 0.25) is 0 Å². The Morgan fingerprint density at radius 2 is 2.12 bits per heavy atom. The molecule has 1 unspecified atom stereocenters. The molecule has 1 fully saturated rings. The summed E-state index contributed by atoms with van der Waals surface area (Å²) in [6.45, 7) is 7.83. The average Bonchev–Trinajstić information content (AvgIpc) is 3.46. The zero-order chi connectivity index (χ0) is 23.7. The van der Waals surface area contributed by atoms with Crippen LogP contribution in [0.25, 0.3) is 11.3 Å². The molecule has 3 aromatic rings. The molecule has 178 valence electrons. The summed E-state index contributed by atoms with van der Waals surface area (Å²) in [7, 11) is 1.62. The standard InChI is InChI=1S/C27H32N4O3/c1-18-6-7-21(14-25(18)33-3)27(32)28-15-22-13-20(23-16-30-10-4-5-26(30)29-23)8-9-24(22)31-11-12-34-17-19(31)2/h6-9,13-14,16,19H,4-5,10-12,15,17H2,1-3H3,(H,28,32). The number of carbonyl (C=O) groups is 1. The number of nitrogens with one attached hydrogen (secondary N) is 1. The van der Waals surface area contributed by atoms with E-state index in [0.29, 0.717) is 31.1 Å². The van der Waals surface area contributed by atoms with E-state index in [1.54, 1.807) is 13.2 Å². The van der Waals surface area contributed by atoms with E-state index in [2.05, 4.69) is 46.1 Å². The summed E-state index contributed by atoms with van der Waals surface area (Å²) in [6, 6.07) is 12.3. The molecule has 0 aliphatic carbocycles. The summed E-state index contributed by atoms with van der Waals surface area (Å²) in [5.41, 5.74) is 5.87. The SMILES string of the molecule is COc1cc(C(=O)NCc2cc(-c3cn4c(n3)CCC4)ccc2N2CCOCC2C)ccc1C. The molecule has 0 saturated carbocycles. The summed E-state index contributed by atoms with van der Waals surface area (Å²) >= 11 is 0. The number of fused-ring (bicyclic) bond motifs is 1. The molecule has 1 amide bonds. The molecular weight excluding hydrogens is 428 g/mol. The van der Waals surface area contributed by atoms with Crippen LogP contribution in [0.3, 0.4) is 0 Å². The van der Waals surface area contributed by atoms with Gasteiger partial charge in [-0.05, 0) is 55.7 Å². The normalized spacial score (nSPS) is 17.5. The molecule has 0 radical (unpaired) electrons. The quantitative estimate of drug-likeness (QED) is 0.603. The summed E-state index contributed by atoms with van der Waals surface area (Å²) in [5, 5.41) is 3.12. The van der Waals surface area contributed by atoms with Crippen molar-refractivity contribution in [2.24, 2.45) is 0 Å². The Hall–Kier alpha value is -3.32. The van der Waals surface area contributed by atoms with E-state index >= 15 is 0 Å². The molecule has 1 saturated heterocycles. The summed E-state index contributed by atoms with van der Waals surface area (Å²) in [5.74, 6) is 1.75. The number of ether oxygens (including phenoxy) is 2. The number of carbonyl (C=O) groups excluding carboxylic acids is 1. The van der Waals surface area contributed by atoms with Gasteiger partial charge in [-0.1, -0.05) is 12.1 Å². The van der Waals surface area contributed by atoms with E-state index in [4.69, 9.17) is 14.5 Å². The van der Waals surface area contributed by atoms with E-state index in [1.165, 1.54) is 0 Å². The minimum atomic E-state index is -0.120. The first-order valence-electron chi connectivity index (χ1n) is 12.0. The minimum Gasteiger partial charge on any atom is -0.496 e. The number of hydrogen-bond donors (Lipinski definition) is 1. The van der Waals surface area contributed by atoms with Crippen molar-refractivity contribution in [3.63, 3.8) is 0 Å². The maximum atomic E-state index is 13.0. The van der Waals surface area contributed by atoms with Gasteiger partial charge < -0.3 is 24.3 Å². The predicted molar refractivity (Wildman–Crippen MR) is 133 cm³/mol. The topological polar surface area (TPSA) is 68.6 Å². The second-order valence-electron chi connectivity index (χ2n) is 9.17. The maximum Gasteiger partial charge on any atom is 0.251 e. The van der Waals surface area contributed by atoms with E-state index in [-0.39, 0.29) is 11.9 Å². The summed E-state index contributed by atoms with van der Waals surface area (Å²) in [4.78, 5) is 20.2. The Bertz CT molecular complexity index is 1180. The second-order valence-corrected chi connectivity index (χ2v) is 9.17. The number of morpholine rings is 1. The number of imidazole rings is 1. The third kappa shape index (κ3) is 4.40. The number of benzene rings is 2. The zero-order valence-corrected chi connectivity index (χ0v) is 20.1. The highest BCUT2D eigenvalue weighted by atomic mass is 16.5. The maximum absolute atomic E-state index is 13.0. The van der Waals surface area contributed by atoms with Crippen LogP contribution in [-0.4, -0.2) is 48.4 Å². The molecule has 5 rings (SSSR count). The molecule has 7 nitrogen and oxygen atoms in total. The Balaban J connectivity index is 1.43. The second kappa shape index (κ2) is 9.50. The van der Waals surface area contributed by atoms with Crippen LogP contribution in [0, 0.1) is 6.92 Å². The van der Waals surface area contributed by atoms with Crippen molar-refractivity contribution in [3.8, 4) is 17.0 Å². The van der Waals surface area contributed by atoms with E-state index in [0.717, 1.165) is 59.8 Å². The number of nitrogens with zero attached hydrogens (tertiary/aromatic N) is 3. The number of rotatable bonds is 6. The molecule has 3 heterocycles. The highest BCUT2D eigenvalue weighted by molar-refractivity contribution is 5.94. The van der Waals surface area contributed by atoms with Crippen LogP contribution >= 0.6 is 0 Å². The first kappa shape index (κ1) is 22.5. The van der Waals surface area contributed by atoms with Crippen LogP contribution in [0.15, 0.2) is 42.6 Å². The molecule has 34 heavy (non-hydrogen) atoms. The molecule has 2 aromatic carbocycles. The molecule has 2 aliphatic rings. The van der Waals surface area contributed by atoms with Gasteiger partial charge in [-0.15, -0.1) is 0 Å². The van der Waals surface area contributed by atoms with Gasteiger partial charge in [0.25, 0.3) is 5.91 Å². The van der Waals surface area contributed by atoms with Crippen LogP contribution in [0.5, 0.6) is 5.75 Å². The van der Waals surface area contributed by atoms with Crippen LogP contribution < -0.4 is 15.0 Å². The lowest BCUT2D eigenvalue weighted by atomic mass is 10.0. The van der Waals surface area contributed by atoms with Gasteiger partial charge in [0.15, 0.2) is 0 Å². The molecule has 1 atom stereocenters. The van der Waals surface area contributed by atoms with Gasteiger partial charge in [-0.3, -0.25) is 4.79 Å². The first-order valence-corrected chi connectivity index (χ1v) is 12.0. The van der Waals surface area contributed by atoms with E-state index < -0.39 is 0 Å². The fraction of sp³-hybridized carbons (Fsp3) is 0.407. The monoisotopic (exact) mass is 460 g/mol. The Kier molecular flexibility index (Phi) is 6.28. The van der Waals surface area contributed by atoms with Gasteiger partial charge in [0.2, 0.25) is 0 Å². The summed E-state index contributed by atoms with van der Waals surface area (Å²) < 4.78 is 13.3. The molecular formula is C27H32N4O3. The van der Waals surface area contributed by atoms with Crippen LogP contribution in [0.1, 0.15) is 40.7 Å². The molecule has 1 aromatic heterocycles. The zero-order valence-electron chi connectivity index (χ0n) is 20.1. The van der Waals surface area contributed by atoms with E-state index in [9.17, 15) is 4.79 Å². The smallest absolute Gasteiger partial charge is 0.251 e. The number of hydrogen-bond acceptors (Lipinski definition) is 5. The lowest BCUT2D eigenvalue weighted by molar-refractivity contribution is 0.0948. The largest absolute Gasteiger partial charge is 0.496 e. The van der Waals surface area contributed by atoms with Gasteiger partial charge in [-0.2, -0.15) is 0 Å². The molecule has 1 N–H and O–H groups in total. The first-order chi connectivity index (χ1) is 16.5. The van der Waals surface area contributed by atoms with Crippen LogP contribution in [-0.2, 0) is 24.2 Å². The number of methoxy groups -OCH3 is 1. The van der Waals surface area contributed by atoms with Crippen molar-refractivity contribution in [3.05, 3.63) is 65.1 Å². The molecule has 2 aliphatic heterocycles. The van der Waals surface area contributed by atoms with E-state index in [1.807, 2.05) is 19.1 Å². The van der Waals surface area contributed by atoms with Gasteiger partial charge in [0.1, 0.15) is 11.6 Å². The van der Waals surface area contributed by atoms with Gasteiger partial charge >= 0.3 is 0 Å². The third-order valence-corrected chi connectivity index (χ3v) is 6.82.